The lowest BCUT2D eigenvalue weighted by molar-refractivity contribution is 0.00578. The summed E-state index contributed by atoms with van der Waals surface area (Å²) in [6, 6.07) is 2.18. The highest BCUT2D eigenvalue weighted by molar-refractivity contribution is 7.80. The first-order valence-electron chi connectivity index (χ1n) is 7.72. The SMILES string of the molecule is CC1(C)OB(C(=Cc2cnc3c(c2)CCN3)CS)OC1(C)C. The molecule has 1 aromatic rings. The Kier molecular flexibility index (Phi) is 4.04. The first-order valence-corrected chi connectivity index (χ1v) is 8.35. The molecule has 0 radical (unpaired) electrons. The van der Waals surface area contributed by atoms with Crippen molar-refractivity contribution in [3.05, 3.63) is 28.9 Å². The van der Waals surface area contributed by atoms with Crippen LogP contribution in [-0.4, -0.2) is 35.6 Å². The van der Waals surface area contributed by atoms with E-state index in [-0.39, 0.29) is 18.3 Å². The van der Waals surface area contributed by atoms with Gasteiger partial charge in [0.05, 0.1) is 11.2 Å². The van der Waals surface area contributed by atoms with Gasteiger partial charge in [-0.15, -0.1) is 0 Å². The van der Waals surface area contributed by atoms with Gasteiger partial charge in [0.2, 0.25) is 0 Å². The van der Waals surface area contributed by atoms with E-state index in [2.05, 4.69) is 62.8 Å². The van der Waals surface area contributed by atoms with Gasteiger partial charge in [0.15, 0.2) is 0 Å². The maximum Gasteiger partial charge on any atom is 0.491 e. The number of pyridine rings is 1. The molecule has 2 aliphatic heterocycles. The van der Waals surface area contributed by atoms with Crippen LogP contribution in [0.2, 0.25) is 0 Å². The highest BCUT2D eigenvalue weighted by Gasteiger charge is 2.52. The predicted octanol–water partition coefficient (Wildman–Crippen LogP) is 2.99. The molecular weight excluding hydrogens is 295 g/mol. The average molecular weight is 318 g/mol. The fraction of sp³-hybridized carbons (Fsp3) is 0.562. The van der Waals surface area contributed by atoms with Gasteiger partial charge < -0.3 is 14.6 Å². The number of aromatic nitrogens is 1. The Bertz CT molecular complexity index is 600. The second-order valence-corrected chi connectivity index (χ2v) is 7.24. The largest absolute Gasteiger partial charge is 0.491 e. The zero-order valence-electron chi connectivity index (χ0n) is 13.6. The Hall–Kier alpha value is -0.975. The lowest BCUT2D eigenvalue weighted by Gasteiger charge is -2.32. The van der Waals surface area contributed by atoms with Crippen LogP contribution in [0.4, 0.5) is 5.82 Å². The number of anilines is 1. The van der Waals surface area contributed by atoms with Crippen LogP contribution in [0.3, 0.4) is 0 Å². The van der Waals surface area contributed by atoms with E-state index in [1.165, 1.54) is 5.56 Å². The smallest absolute Gasteiger partial charge is 0.400 e. The van der Waals surface area contributed by atoms with E-state index in [0.29, 0.717) is 5.75 Å². The Morgan fingerprint density at radius 1 is 1.36 bits per heavy atom. The summed E-state index contributed by atoms with van der Waals surface area (Å²) in [7, 11) is -0.353. The highest BCUT2D eigenvalue weighted by atomic mass is 32.1. The van der Waals surface area contributed by atoms with Gasteiger partial charge in [0.25, 0.3) is 0 Å². The molecule has 3 rings (SSSR count). The van der Waals surface area contributed by atoms with Crippen LogP contribution in [0.25, 0.3) is 6.08 Å². The standard InChI is InChI=1S/C16H23BN2O2S/c1-15(2)16(3,4)21-17(20-15)13(10-22)8-11-7-12-5-6-18-14(12)19-9-11/h7-9,22H,5-6,10H2,1-4H3,(H,18,19). The normalized spacial score (nSPS) is 22.6. The van der Waals surface area contributed by atoms with Crippen molar-refractivity contribution in [1.29, 1.82) is 0 Å². The number of nitrogens with zero attached hydrogens (tertiary/aromatic N) is 1. The number of fused-ring (bicyclic) bond motifs is 1. The van der Waals surface area contributed by atoms with Crippen LogP contribution < -0.4 is 5.32 Å². The van der Waals surface area contributed by atoms with Crippen molar-refractivity contribution in [3.63, 3.8) is 0 Å². The average Bonchev–Trinajstić information content (AvgIpc) is 2.98. The fourth-order valence-electron chi connectivity index (χ4n) is 2.67. The molecule has 1 saturated heterocycles. The van der Waals surface area contributed by atoms with Gasteiger partial charge >= 0.3 is 7.12 Å². The Morgan fingerprint density at radius 3 is 2.68 bits per heavy atom. The van der Waals surface area contributed by atoms with Crippen LogP contribution in [0, 0.1) is 0 Å². The summed E-state index contributed by atoms with van der Waals surface area (Å²) in [6.45, 7) is 9.21. The van der Waals surface area contributed by atoms with E-state index < -0.39 is 0 Å². The summed E-state index contributed by atoms with van der Waals surface area (Å²) in [5.74, 6) is 1.59. The van der Waals surface area contributed by atoms with Crippen molar-refractivity contribution in [3.8, 4) is 0 Å². The molecule has 1 aromatic heterocycles. The molecule has 0 atom stereocenters. The van der Waals surface area contributed by atoms with E-state index in [1.54, 1.807) is 0 Å². The third kappa shape index (κ3) is 2.80. The van der Waals surface area contributed by atoms with Crippen LogP contribution in [-0.2, 0) is 15.7 Å². The minimum absolute atomic E-state index is 0.334. The first kappa shape index (κ1) is 15.9. The summed E-state index contributed by atoms with van der Waals surface area (Å²) < 4.78 is 12.2. The summed E-state index contributed by atoms with van der Waals surface area (Å²) in [5, 5.41) is 3.27. The number of nitrogens with one attached hydrogen (secondary N) is 1. The third-order valence-electron chi connectivity index (χ3n) is 4.77. The number of rotatable bonds is 3. The van der Waals surface area contributed by atoms with Gasteiger partial charge in [-0.1, -0.05) is 6.08 Å². The quantitative estimate of drug-likeness (QED) is 0.664. The molecule has 4 nitrogen and oxygen atoms in total. The molecule has 0 amide bonds. The first-order chi connectivity index (χ1) is 10.3. The molecule has 0 bridgehead atoms. The molecule has 118 valence electrons. The van der Waals surface area contributed by atoms with E-state index >= 15 is 0 Å². The fourth-order valence-corrected chi connectivity index (χ4v) is 2.91. The van der Waals surface area contributed by atoms with E-state index in [0.717, 1.165) is 29.8 Å². The predicted molar refractivity (Wildman–Crippen MR) is 94.3 cm³/mol. The third-order valence-corrected chi connectivity index (χ3v) is 5.13. The second kappa shape index (κ2) is 5.58. The molecule has 0 saturated carbocycles. The highest BCUT2D eigenvalue weighted by Crippen LogP contribution is 2.39. The summed E-state index contributed by atoms with van der Waals surface area (Å²) >= 11 is 4.45. The van der Waals surface area contributed by atoms with Gasteiger partial charge in [-0.25, -0.2) is 4.98 Å². The second-order valence-electron chi connectivity index (χ2n) is 6.92. The Balaban J connectivity index is 1.86. The van der Waals surface area contributed by atoms with Gasteiger partial charge in [0, 0.05) is 18.5 Å². The number of hydrogen-bond acceptors (Lipinski definition) is 5. The van der Waals surface area contributed by atoms with Crippen molar-refractivity contribution in [2.24, 2.45) is 0 Å². The van der Waals surface area contributed by atoms with Gasteiger partial charge in [-0.3, -0.25) is 0 Å². The van der Waals surface area contributed by atoms with Gasteiger partial charge in [-0.05, 0) is 56.8 Å². The number of hydrogen-bond donors (Lipinski definition) is 2. The van der Waals surface area contributed by atoms with Crippen LogP contribution in [0.15, 0.2) is 17.7 Å². The van der Waals surface area contributed by atoms with E-state index in [1.807, 2.05) is 6.20 Å². The number of thiol groups is 1. The minimum atomic E-state index is -0.353. The summed E-state index contributed by atoms with van der Waals surface area (Å²) in [5.41, 5.74) is 2.69. The Labute approximate surface area is 138 Å². The minimum Gasteiger partial charge on any atom is -0.400 e. The molecule has 1 fully saturated rings. The van der Waals surface area contributed by atoms with Crippen LogP contribution >= 0.6 is 12.6 Å². The maximum atomic E-state index is 6.11. The van der Waals surface area contributed by atoms with Gasteiger partial charge in [0.1, 0.15) is 5.82 Å². The molecule has 1 N–H and O–H groups in total. The Morgan fingerprint density at radius 2 is 2.05 bits per heavy atom. The molecule has 0 spiro atoms. The zero-order valence-corrected chi connectivity index (χ0v) is 14.5. The summed E-state index contributed by atoms with van der Waals surface area (Å²) in [6.07, 6.45) is 4.99. The zero-order chi connectivity index (χ0) is 16.0. The van der Waals surface area contributed by atoms with Gasteiger partial charge in [-0.2, -0.15) is 12.6 Å². The lowest BCUT2D eigenvalue weighted by Crippen LogP contribution is -2.41. The topological polar surface area (TPSA) is 43.4 Å². The van der Waals surface area contributed by atoms with Crippen LogP contribution in [0.1, 0.15) is 38.8 Å². The van der Waals surface area contributed by atoms with Crippen molar-refractivity contribution < 1.29 is 9.31 Å². The van der Waals surface area contributed by atoms with E-state index in [4.69, 9.17) is 9.31 Å². The van der Waals surface area contributed by atoms with Crippen molar-refractivity contribution in [2.75, 3.05) is 17.6 Å². The monoisotopic (exact) mass is 318 g/mol. The van der Waals surface area contributed by atoms with E-state index in [9.17, 15) is 0 Å². The summed E-state index contributed by atoms with van der Waals surface area (Å²) in [4.78, 5) is 4.47. The molecule has 22 heavy (non-hydrogen) atoms. The molecular formula is C16H23BN2O2S. The van der Waals surface area contributed by atoms with Crippen molar-refractivity contribution in [1.82, 2.24) is 4.98 Å². The molecule has 0 aliphatic carbocycles. The maximum absolute atomic E-state index is 6.11. The van der Waals surface area contributed by atoms with Crippen LogP contribution in [0.5, 0.6) is 0 Å². The lowest BCUT2D eigenvalue weighted by atomic mass is 9.78. The molecule has 3 heterocycles. The van der Waals surface area contributed by atoms with Crippen molar-refractivity contribution >= 4 is 31.6 Å². The molecule has 6 heteroatoms. The molecule has 2 aliphatic rings. The van der Waals surface area contributed by atoms with Crippen molar-refractivity contribution in [2.45, 2.75) is 45.3 Å². The molecule has 0 aromatic carbocycles. The molecule has 0 unspecified atom stereocenters.